The fraction of sp³-hybridized carbons (Fsp3) is 0.357. The lowest BCUT2D eigenvalue weighted by molar-refractivity contribution is 0.251. The van der Waals surface area contributed by atoms with E-state index in [4.69, 9.17) is 4.42 Å². The lowest BCUT2D eigenvalue weighted by Gasteiger charge is -2.05. The monoisotopic (exact) mass is 298 g/mol. The molecule has 2 rings (SSSR count). The van der Waals surface area contributed by atoms with Crippen LogP contribution in [0, 0.1) is 6.92 Å². The number of hydrogen-bond donors (Lipinski definition) is 1. The molecule has 0 aliphatic carbocycles. The molecule has 0 aliphatic rings. The maximum absolute atomic E-state index is 12.1. The van der Waals surface area contributed by atoms with Gasteiger partial charge in [0.05, 0.1) is 12.3 Å². The molecule has 0 aromatic carbocycles. The van der Waals surface area contributed by atoms with E-state index < -0.39 is 5.76 Å². The second kappa shape index (κ2) is 7.40. The van der Waals surface area contributed by atoms with Crippen molar-refractivity contribution in [2.45, 2.75) is 31.5 Å². The summed E-state index contributed by atoms with van der Waals surface area (Å²) in [6.45, 7) is 3.29. The van der Waals surface area contributed by atoms with Crippen LogP contribution in [0.5, 0.6) is 0 Å². The summed E-state index contributed by atoms with van der Waals surface area (Å²) in [6.07, 6.45) is 3.59. The Morgan fingerprint density at radius 1 is 1.25 bits per heavy atom. The average Bonchev–Trinajstić information content (AvgIpc) is 2.87. The maximum Gasteiger partial charge on any atom is 0.284 e. The molecule has 0 unspecified atom stereocenters. The van der Waals surface area contributed by atoms with Crippen LogP contribution in [-0.4, -0.2) is 10.7 Å². The zero-order valence-corrected chi connectivity index (χ0v) is 11.9. The van der Waals surface area contributed by atoms with Crippen LogP contribution in [0.25, 0.3) is 0 Å². The minimum atomic E-state index is -2.37. The number of aromatic nitrogens is 1. The van der Waals surface area contributed by atoms with E-state index in [0.717, 1.165) is 11.3 Å². The molecule has 6 heteroatoms. The SMILES string of the molecule is Cc1ccncc1CNCc1ccc(CSC(F)F)o1. The molecule has 0 amide bonds. The molecule has 0 atom stereocenters. The Bertz CT molecular complexity index is 545. The normalized spacial score (nSPS) is 11.2. The summed E-state index contributed by atoms with van der Waals surface area (Å²) in [5.74, 6) is -0.851. The summed E-state index contributed by atoms with van der Waals surface area (Å²) >= 11 is 0.565. The fourth-order valence-corrected chi connectivity index (χ4v) is 2.19. The highest BCUT2D eigenvalue weighted by Gasteiger charge is 2.07. The van der Waals surface area contributed by atoms with E-state index >= 15 is 0 Å². The molecule has 2 aromatic heterocycles. The second-order valence-electron chi connectivity index (χ2n) is 4.35. The summed E-state index contributed by atoms with van der Waals surface area (Å²) in [5, 5.41) is 3.25. The van der Waals surface area contributed by atoms with Gasteiger partial charge in [-0.1, -0.05) is 11.8 Å². The first-order valence-electron chi connectivity index (χ1n) is 6.22. The van der Waals surface area contributed by atoms with Gasteiger partial charge in [-0.2, -0.15) is 8.78 Å². The van der Waals surface area contributed by atoms with Crippen LogP contribution in [0.4, 0.5) is 8.78 Å². The number of nitrogens with one attached hydrogen (secondary N) is 1. The van der Waals surface area contributed by atoms with Gasteiger partial charge < -0.3 is 9.73 Å². The van der Waals surface area contributed by atoms with Crippen LogP contribution in [0.1, 0.15) is 22.6 Å². The molecule has 3 nitrogen and oxygen atoms in total. The molecular formula is C14H16F2N2OS. The third kappa shape index (κ3) is 4.61. The lowest BCUT2D eigenvalue weighted by Crippen LogP contribution is -2.13. The van der Waals surface area contributed by atoms with E-state index in [9.17, 15) is 8.78 Å². The van der Waals surface area contributed by atoms with E-state index in [1.54, 1.807) is 12.3 Å². The third-order valence-corrected chi connectivity index (χ3v) is 3.53. The topological polar surface area (TPSA) is 38.1 Å². The van der Waals surface area contributed by atoms with Gasteiger partial charge in [-0.05, 0) is 36.2 Å². The minimum Gasteiger partial charge on any atom is -0.464 e. The molecule has 0 spiro atoms. The van der Waals surface area contributed by atoms with Crippen molar-refractivity contribution in [2.24, 2.45) is 0 Å². The van der Waals surface area contributed by atoms with Gasteiger partial charge in [0.2, 0.25) is 0 Å². The first-order valence-corrected chi connectivity index (χ1v) is 7.27. The molecule has 1 N–H and O–H groups in total. The van der Waals surface area contributed by atoms with Gasteiger partial charge in [0, 0.05) is 18.9 Å². The number of hydrogen-bond acceptors (Lipinski definition) is 4. The Morgan fingerprint density at radius 2 is 2.05 bits per heavy atom. The number of nitrogens with zero attached hydrogens (tertiary/aromatic N) is 1. The molecule has 0 bridgehead atoms. The number of pyridine rings is 1. The predicted molar refractivity (Wildman–Crippen MR) is 75.5 cm³/mol. The summed E-state index contributed by atoms with van der Waals surface area (Å²) in [4.78, 5) is 4.08. The summed E-state index contributed by atoms with van der Waals surface area (Å²) in [6, 6.07) is 5.51. The largest absolute Gasteiger partial charge is 0.464 e. The highest BCUT2D eigenvalue weighted by atomic mass is 32.2. The van der Waals surface area contributed by atoms with Crippen molar-refractivity contribution in [3.8, 4) is 0 Å². The zero-order valence-electron chi connectivity index (χ0n) is 11.1. The van der Waals surface area contributed by atoms with E-state index in [1.807, 2.05) is 25.3 Å². The van der Waals surface area contributed by atoms with Crippen molar-refractivity contribution in [1.29, 1.82) is 0 Å². The Morgan fingerprint density at radius 3 is 2.80 bits per heavy atom. The molecule has 0 radical (unpaired) electrons. The van der Waals surface area contributed by atoms with Crippen LogP contribution in [0.3, 0.4) is 0 Å². The van der Waals surface area contributed by atoms with Gasteiger partial charge in [-0.3, -0.25) is 4.98 Å². The zero-order chi connectivity index (χ0) is 14.4. The highest BCUT2D eigenvalue weighted by molar-refractivity contribution is 7.98. The smallest absolute Gasteiger partial charge is 0.284 e. The van der Waals surface area contributed by atoms with E-state index in [0.29, 0.717) is 30.6 Å². The third-order valence-electron chi connectivity index (χ3n) is 2.83. The van der Waals surface area contributed by atoms with Gasteiger partial charge in [0.25, 0.3) is 5.76 Å². The van der Waals surface area contributed by atoms with Crippen molar-refractivity contribution in [3.63, 3.8) is 0 Å². The predicted octanol–water partition coefficient (Wildman–Crippen LogP) is 3.73. The first-order chi connectivity index (χ1) is 9.65. The van der Waals surface area contributed by atoms with E-state index in [-0.39, 0.29) is 5.75 Å². The second-order valence-corrected chi connectivity index (χ2v) is 5.32. The van der Waals surface area contributed by atoms with E-state index in [2.05, 4.69) is 10.3 Å². The Labute approximate surface area is 120 Å². The number of aryl methyl sites for hydroxylation is 1. The van der Waals surface area contributed by atoms with Crippen LogP contribution in [-0.2, 0) is 18.8 Å². The molecule has 0 saturated heterocycles. The van der Waals surface area contributed by atoms with Gasteiger partial charge in [0.1, 0.15) is 11.5 Å². The molecule has 0 saturated carbocycles. The van der Waals surface area contributed by atoms with Crippen LogP contribution in [0.2, 0.25) is 0 Å². The number of furan rings is 1. The Balaban J connectivity index is 1.78. The molecule has 20 heavy (non-hydrogen) atoms. The van der Waals surface area contributed by atoms with Crippen molar-refractivity contribution < 1.29 is 13.2 Å². The molecular weight excluding hydrogens is 282 g/mol. The van der Waals surface area contributed by atoms with Gasteiger partial charge >= 0.3 is 0 Å². The van der Waals surface area contributed by atoms with Crippen LogP contribution in [0.15, 0.2) is 35.0 Å². The molecule has 2 aromatic rings. The Kier molecular flexibility index (Phi) is 5.55. The summed E-state index contributed by atoms with van der Waals surface area (Å²) < 4.78 is 29.6. The molecule has 0 fully saturated rings. The molecule has 2 heterocycles. The van der Waals surface area contributed by atoms with Crippen molar-refractivity contribution in [2.75, 3.05) is 0 Å². The van der Waals surface area contributed by atoms with E-state index in [1.165, 1.54) is 5.56 Å². The molecule has 108 valence electrons. The fourth-order valence-electron chi connectivity index (χ4n) is 1.74. The van der Waals surface area contributed by atoms with Crippen LogP contribution >= 0.6 is 11.8 Å². The quantitative estimate of drug-likeness (QED) is 0.845. The lowest BCUT2D eigenvalue weighted by atomic mass is 10.1. The molecule has 0 aliphatic heterocycles. The van der Waals surface area contributed by atoms with Crippen molar-refractivity contribution in [3.05, 3.63) is 53.2 Å². The van der Waals surface area contributed by atoms with Crippen LogP contribution < -0.4 is 5.32 Å². The summed E-state index contributed by atoms with van der Waals surface area (Å²) in [7, 11) is 0. The standard InChI is InChI=1S/C14H16F2N2OS/c1-10-4-5-17-6-11(10)7-18-8-12-2-3-13(19-12)9-20-14(15)16/h2-6,14,18H,7-9H2,1H3. The highest BCUT2D eigenvalue weighted by Crippen LogP contribution is 2.21. The number of thioether (sulfide) groups is 1. The first kappa shape index (κ1) is 15.0. The Hall–Kier alpha value is -1.40. The average molecular weight is 298 g/mol. The van der Waals surface area contributed by atoms with Gasteiger partial charge in [0.15, 0.2) is 0 Å². The minimum absolute atomic E-state index is 0.194. The summed E-state index contributed by atoms with van der Waals surface area (Å²) in [5.41, 5.74) is 2.31. The van der Waals surface area contributed by atoms with Gasteiger partial charge in [-0.25, -0.2) is 0 Å². The number of rotatable bonds is 7. The van der Waals surface area contributed by atoms with Crippen molar-refractivity contribution >= 4 is 11.8 Å². The number of alkyl halides is 2. The number of halogens is 2. The maximum atomic E-state index is 12.1. The van der Waals surface area contributed by atoms with Gasteiger partial charge in [-0.15, -0.1) is 0 Å². The van der Waals surface area contributed by atoms with Crippen molar-refractivity contribution in [1.82, 2.24) is 10.3 Å².